The molecule has 0 fully saturated rings. The summed E-state index contributed by atoms with van der Waals surface area (Å²) in [5, 5.41) is 2.65. The topological polar surface area (TPSA) is 55.6 Å². The number of aryl methyl sites for hydroxylation is 1. The first-order chi connectivity index (χ1) is 11.8. The van der Waals surface area contributed by atoms with Gasteiger partial charge in [-0.15, -0.1) is 0 Å². The van der Waals surface area contributed by atoms with Gasteiger partial charge in [0, 0.05) is 17.6 Å². The highest BCUT2D eigenvalue weighted by Gasteiger charge is 2.28. The van der Waals surface area contributed by atoms with Gasteiger partial charge in [-0.1, -0.05) is 6.07 Å². The Morgan fingerprint density at radius 2 is 1.92 bits per heavy atom. The number of nitrogens with zero attached hydrogens (tertiary/aromatic N) is 2. The number of carbonyl (C=O) groups is 1. The number of pyridine rings is 1. The highest BCUT2D eigenvalue weighted by molar-refractivity contribution is 6.03. The Hall–Kier alpha value is -3.03. The van der Waals surface area contributed by atoms with Crippen LogP contribution in [0.2, 0.25) is 0 Å². The smallest absolute Gasteiger partial charge is 0.422 e. The third-order valence-corrected chi connectivity index (χ3v) is 3.44. The van der Waals surface area contributed by atoms with Gasteiger partial charge in [0.2, 0.25) is 0 Å². The van der Waals surface area contributed by atoms with Crippen molar-refractivity contribution >= 4 is 17.2 Å². The molecule has 2 heterocycles. The van der Waals surface area contributed by atoms with Crippen LogP contribution in [0.4, 0.5) is 18.9 Å². The van der Waals surface area contributed by atoms with Gasteiger partial charge in [0.1, 0.15) is 17.1 Å². The Morgan fingerprint density at radius 3 is 2.56 bits per heavy atom. The second kappa shape index (κ2) is 6.46. The third-order valence-electron chi connectivity index (χ3n) is 3.44. The molecule has 0 saturated carbocycles. The van der Waals surface area contributed by atoms with Crippen molar-refractivity contribution in [2.24, 2.45) is 0 Å². The van der Waals surface area contributed by atoms with E-state index in [-0.39, 0.29) is 11.4 Å². The van der Waals surface area contributed by atoms with Gasteiger partial charge in [0.25, 0.3) is 5.91 Å². The summed E-state index contributed by atoms with van der Waals surface area (Å²) in [6.45, 7) is 0.537. The first-order valence-electron chi connectivity index (χ1n) is 7.37. The van der Waals surface area contributed by atoms with E-state index in [0.29, 0.717) is 11.3 Å². The number of benzene rings is 1. The molecule has 2 aromatic heterocycles. The molecule has 3 aromatic rings. The van der Waals surface area contributed by atoms with Crippen molar-refractivity contribution in [3.63, 3.8) is 0 Å². The lowest BCUT2D eigenvalue weighted by Gasteiger charge is -2.09. The van der Waals surface area contributed by atoms with Crippen molar-refractivity contribution in [1.82, 2.24) is 9.38 Å². The number of halogens is 3. The maximum absolute atomic E-state index is 12.3. The highest BCUT2D eigenvalue weighted by Crippen LogP contribution is 2.20. The number of imidazole rings is 1. The Balaban J connectivity index is 1.68. The van der Waals surface area contributed by atoms with Crippen molar-refractivity contribution in [2.45, 2.75) is 13.1 Å². The van der Waals surface area contributed by atoms with Crippen molar-refractivity contribution in [3.8, 4) is 5.75 Å². The molecule has 0 aliphatic rings. The maximum atomic E-state index is 12.3. The van der Waals surface area contributed by atoms with Crippen LogP contribution in [0.3, 0.4) is 0 Å². The number of carbonyl (C=O) groups excluding carboxylic acids is 1. The third kappa shape index (κ3) is 4.09. The minimum absolute atomic E-state index is 0.0682. The molecule has 0 saturated heterocycles. The molecule has 1 N–H and O–H groups in total. The average Bonchev–Trinajstić information content (AvgIpc) is 2.99. The Bertz CT molecular complexity index is 902. The molecule has 1 aromatic carbocycles. The minimum Gasteiger partial charge on any atom is -0.484 e. The largest absolute Gasteiger partial charge is 0.484 e. The lowest BCUT2D eigenvalue weighted by Crippen LogP contribution is -2.19. The number of aromatic nitrogens is 2. The Morgan fingerprint density at radius 1 is 1.20 bits per heavy atom. The fraction of sp³-hybridized carbons (Fsp3) is 0.176. The summed E-state index contributed by atoms with van der Waals surface area (Å²) >= 11 is 0. The fourth-order valence-electron chi connectivity index (χ4n) is 2.25. The summed E-state index contributed by atoms with van der Waals surface area (Å²) in [4.78, 5) is 16.5. The van der Waals surface area contributed by atoms with Crippen LogP contribution in [-0.2, 0) is 0 Å². The zero-order valence-corrected chi connectivity index (χ0v) is 13.2. The molecular weight excluding hydrogens is 335 g/mol. The standard InChI is InChI=1S/C17H14F3N3O2/c1-11-3-2-4-15-22-14(9-23(11)15)16(24)21-12-5-7-13(8-6-12)25-10-17(18,19)20/h2-9H,10H2,1H3,(H,21,24). The van der Waals surface area contributed by atoms with Crippen LogP contribution in [0, 0.1) is 6.92 Å². The second-order valence-corrected chi connectivity index (χ2v) is 5.40. The highest BCUT2D eigenvalue weighted by atomic mass is 19.4. The van der Waals surface area contributed by atoms with E-state index in [4.69, 9.17) is 0 Å². The van der Waals surface area contributed by atoms with E-state index in [0.717, 1.165) is 5.69 Å². The number of amides is 1. The number of nitrogens with one attached hydrogen (secondary N) is 1. The number of rotatable bonds is 4. The first kappa shape index (κ1) is 16.8. The minimum atomic E-state index is -4.39. The van der Waals surface area contributed by atoms with Crippen LogP contribution in [0.1, 0.15) is 16.2 Å². The molecule has 0 aliphatic carbocycles. The molecule has 25 heavy (non-hydrogen) atoms. The van der Waals surface area contributed by atoms with Crippen LogP contribution < -0.4 is 10.1 Å². The molecule has 1 amide bonds. The number of hydrogen-bond acceptors (Lipinski definition) is 3. The van der Waals surface area contributed by atoms with Crippen LogP contribution in [-0.4, -0.2) is 28.1 Å². The van der Waals surface area contributed by atoms with E-state index in [1.54, 1.807) is 16.7 Å². The SMILES string of the molecule is Cc1cccc2nc(C(=O)Nc3ccc(OCC(F)(F)F)cc3)cn12. The molecule has 0 bridgehead atoms. The fourth-order valence-corrected chi connectivity index (χ4v) is 2.25. The predicted octanol–water partition coefficient (Wildman–Crippen LogP) is 3.84. The number of anilines is 1. The van der Waals surface area contributed by atoms with Crippen molar-refractivity contribution in [3.05, 3.63) is 60.0 Å². The number of alkyl halides is 3. The van der Waals surface area contributed by atoms with E-state index < -0.39 is 18.7 Å². The molecule has 5 nitrogen and oxygen atoms in total. The molecule has 0 aliphatic heterocycles. The van der Waals surface area contributed by atoms with Gasteiger partial charge < -0.3 is 14.5 Å². The van der Waals surface area contributed by atoms with Crippen LogP contribution in [0.15, 0.2) is 48.7 Å². The molecule has 3 rings (SSSR count). The molecular formula is C17H14F3N3O2. The molecule has 130 valence electrons. The molecule has 0 radical (unpaired) electrons. The summed E-state index contributed by atoms with van der Waals surface area (Å²) in [5.41, 5.74) is 2.26. The van der Waals surface area contributed by atoms with E-state index in [2.05, 4.69) is 15.0 Å². The summed E-state index contributed by atoms with van der Waals surface area (Å²) in [6.07, 6.45) is -2.77. The lowest BCUT2D eigenvalue weighted by atomic mass is 10.3. The molecule has 0 atom stereocenters. The van der Waals surface area contributed by atoms with Gasteiger partial charge >= 0.3 is 6.18 Å². The second-order valence-electron chi connectivity index (χ2n) is 5.40. The van der Waals surface area contributed by atoms with E-state index in [9.17, 15) is 18.0 Å². The van der Waals surface area contributed by atoms with Crippen LogP contribution in [0.25, 0.3) is 5.65 Å². The summed E-state index contributed by atoms with van der Waals surface area (Å²) < 4.78 is 42.7. The predicted molar refractivity (Wildman–Crippen MR) is 85.9 cm³/mol. The Kier molecular flexibility index (Phi) is 4.35. The number of fused-ring (bicyclic) bond motifs is 1. The molecule has 0 unspecified atom stereocenters. The quantitative estimate of drug-likeness (QED) is 0.779. The van der Waals surface area contributed by atoms with Crippen molar-refractivity contribution in [1.29, 1.82) is 0 Å². The van der Waals surface area contributed by atoms with E-state index >= 15 is 0 Å². The van der Waals surface area contributed by atoms with Gasteiger partial charge in [-0.25, -0.2) is 4.98 Å². The van der Waals surface area contributed by atoms with Gasteiger partial charge in [0.15, 0.2) is 6.61 Å². The van der Waals surface area contributed by atoms with Crippen molar-refractivity contribution in [2.75, 3.05) is 11.9 Å². The maximum Gasteiger partial charge on any atom is 0.422 e. The summed E-state index contributed by atoms with van der Waals surface area (Å²) in [7, 11) is 0. The number of ether oxygens (including phenoxy) is 1. The first-order valence-corrected chi connectivity index (χ1v) is 7.37. The van der Waals surface area contributed by atoms with E-state index in [1.807, 2.05) is 19.1 Å². The van der Waals surface area contributed by atoms with Crippen molar-refractivity contribution < 1.29 is 22.7 Å². The summed E-state index contributed by atoms with van der Waals surface area (Å²) in [6, 6.07) is 11.2. The monoisotopic (exact) mass is 349 g/mol. The summed E-state index contributed by atoms with van der Waals surface area (Å²) in [5.74, 6) is -0.342. The van der Waals surface area contributed by atoms with Gasteiger partial charge in [-0.3, -0.25) is 4.79 Å². The zero-order chi connectivity index (χ0) is 18.0. The number of hydrogen-bond donors (Lipinski definition) is 1. The average molecular weight is 349 g/mol. The Labute approximate surface area is 141 Å². The normalized spacial score (nSPS) is 11.5. The molecule has 8 heteroatoms. The van der Waals surface area contributed by atoms with Crippen LogP contribution in [0.5, 0.6) is 5.75 Å². The van der Waals surface area contributed by atoms with Gasteiger partial charge in [-0.2, -0.15) is 13.2 Å². The zero-order valence-electron chi connectivity index (χ0n) is 13.2. The lowest BCUT2D eigenvalue weighted by molar-refractivity contribution is -0.153. The molecule has 0 spiro atoms. The van der Waals surface area contributed by atoms with Crippen LogP contribution >= 0.6 is 0 Å². The van der Waals surface area contributed by atoms with Gasteiger partial charge in [0.05, 0.1) is 0 Å². The van der Waals surface area contributed by atoms with E-state index in [1.165, 1.54) is 24.3 Å². The van der Waals surface area contributed by atoms with Gasteiger partial charge in [-0.05, 0) is 43.3 Å².